The van der Waals surface area contributed by atoms with Crippen LogP contribution in [0.25, 0.3) is 0 Å². The minimum atomic E-state index is -4.89. The number of hydrogen-bond donors (Lipinski definition) is 1. The second kappa shape index (κ2) is 9.47. The Kier molecular flexibility index (Phi) is 7.36. The molecule has 0 saturated carbocycles. The van der Waals surface area contributed by atoms with E-state index in [9.17, 15) is 31.1 Å². The smallest absolute Gasteiger partial charge is 0.374 e. The molecule has 13 heteroatoms. The summed E-state index contributed by atoms with van der Waals surface area (Å²) in [6.45, 7) is 1.42. The fourth-order valence-electron chi connectivity index (χ4n) is 3.39. The molecule has 1 N–H and O–H groups in total. The van der Waals surface area contributed by atoms with Crippen molar-refractivity contribution >= 4 is 46.4 Å². The van der Waals surface area contributed by atoms with Crippen LogP contribution in [0, 0.1) is 6.92 Å². The number of carbonyl (C=O) groups is 1. The molecule has 1 amide bonds. The lowest BCUT2D eigenvalue weighted by Gasteiger charge is -2.29. The molecule has 0 fully saturated rings. The highest BCUT2D eigenvalue weighted by Crippen LogP contribution is 2.49. The van der Waals surface area contributed by atoms with Gasteiger partial charge in [0, 0.05) is 27.6 Å². The zero-order valence-electron chi connectivity index (χ0n) is 17.1. The molecule has 3 rings (SSSR count). The first kappa shape index (κ1) is 26.4. The summed E-state index contributed by atoms with van der Waals surface area (Å²) < 4.78 is 81.0. The Morgan fingerprint density at radius 2 is 1.74 bits per heavy atom. The van der Waals surface area contributed by atoms with Crippen LogP contribution in [0.4, 0.5) is 26.3 Å². The average molecular weight is 548 g/mol. The summed E-state index contributed by atoms with van der Waals surface area (Å²) in [6.07, 6.45) is -10.4. The van der Waals surface area contributed by atoms with E-state index in [-0.39, 0.29) is 38.0 Å². The van der Waals surface area contributed by atoms with Crippen molar-refractivity contribution in [3.05, 3.63) is 68.7 Å². The molecule has 4 nitrogen and oxygen atoms in total. The van der Waals surface area contributed by atoms with Crippen molar-refractivity contribution < 1.29 is 36.0 Å². The second-order valence-corrected chi connectivity index (χ2v) is 8.72. The number of amides is 1. The van der Waals surface area contributed by atoms with Crippen molar-refractivity contribution in [1.82, 2.24) is 5.32 Å². The Hall–Kier alpha value is -2.17. The molecule has 0 bridgehead atoms. The quantitative estimate of drug-likeness (QED) is 0.331. The maximum absolute atomic E-state index is 14.1. The van der Waals surface area contributed by atoms with Crippen LogP contribution in [-0.4, -0.2) is 35.9 Å². The van der Waals surface area contributed by atoms with Crippen molar-refractivity contribution in [1.29, 1.82) is 0 Å². The Morgan fingerprint density at radius 1 is 1.12 bits per heavy atom. The molecule has 2 unspecified atom stereocenters. The third kappa shape index (κ3) is 5.23. The Bertz CT molecular complexity index is 1120. The fourth-order valence-corrected chi connectivity index (χ4v) is 4.17. The van der Waals surface area contributed by atoms with Crippen molar-refractivity contribution in [2.45, 2.75) is 37.3 Å². The van der Waals surface area contributed by atoms with Gasteiger partial charge in [0.05, 0.1) is 11.6 Å². The molecule has 1 aliphatic heterocycles. The molecule has 1 heterocycles. The van der Waals surface area contributed by atoms with Gasteiger partial charge < -0.3 is 10.2 Å². The first-order valence-corrected chi connectivity index (χ1v) is 10.8. The lowest BCUT2D eigenvalue weighted by molar-refractivity contribution is -0.275. The SMILES string of the molecule is Cc1cc(C2=NOC(c3cc(Cl)cc(Cl)c3)(C(F)(F)F)C2)ccc1C(=O)NC(CCl)C(F)(F)F. The number of hydrogen-bond acceptors (Lipinski definition) is 3. The number of rotatable bonds is 5. The van der Waals surface area contributed by atoms with E-state index in [1.54, 1.807) is 5.32 Å². The molecule has 1 aliphatic rings. The van der Waals surface area contributed by atoms with E-state index in [0.29, 0.717) is 0 Å². The highest BCUT2D eigenvalue weighted by molar-refractivity contribution is 6.34. The number of halogens is 9. The lowest BCUT2D eigenvalue weighted by atomic mass is 9.86. The van der Waals surface area contributed by atoms with Crippen LogP contribution < -0.4 is 5.32 Å². The second-order valence-electron chi connectivity index (χ2n) is 7.54. The Balaban J connectivity index is 1.89. The number of benzene rings is 2. The largest absolute Gasteiger partial charge is 0.435 e. The number of carbonyl (C=O) groups excluding carboxylic acids is 1. The van der Waals surface area contributed by atoms with E-state index >= 15 is 0 Å². The molecular formula is C21H15Cl3F6N2O2. The summed E-state index contributed by atoms with van der Waals surface area (Å²) in [5, 5.41) is 5.36. The van der Waals surface area contributed by atoms with Crippen LogP contribution in [0.15, 0.2) is 41.6 Å². The van der Waals surface area contributed by atoms with E-state index in [1.165, 1.54) is 31.2 Å². The number of aryl methyl sites for hydroxylation is 1. The lowest BCUT2D eigenvalue weighted by Crippen LogP contribution is -2.46. The first-order chi connectivity index (χ1) is 15.7. The monoisotopic (exact) mass is 546 g/mol. The summed E-state index contributed by atoms with van der Waals surface area (Å²) in [6, 6.07) is 4.95. The maximum atomic E-state index is 14.1. The van der Waals surface area contributed by atoms with Crippen LogP contribution in [0.3, 0.4) is 0 Å². The Labute approximate surface area is 204 Å². The molecule has 0 aromatic heterocycles. The van der Waals surface area contributed by atoms with Crippen molar-refractivity contribution in [3.8, 4) is 0 Å². The van der Waals surface area contributed by atoms with Gasteiger partial charge in [-0.2, -0.15) is 26.3 Å². The number of nitrogens with zero attached hydrogens (tertiary/aromatic N) is 1. The van der Waals surface area contributed by atoms with Gasteiger partial charge >= 0.3 is 12.4 Å². The van der Waals surface area contributed by atoms with Crippen molar-refractivity contribution in [2.24, 2.45) is 5.16 Å². The van der Waals surface area contributed by atoms with Gasteiger partial charge in [0.15, 0.2) is 0 Å². The average Bonchev–Trinajstić information content (AvgIpc) is 3.17. The normalized spacial score (nSPS) is 19.4. The van der Waals surface area contributed by atoms with Gasteiger partial charge in [-0.25, -0.2) is 0 Å². The van der Waals surface area contributed by atoms with Gasteiger partial charge in [-0.05, 0) is 48.4 Å². The molecule has 2 aromatic rings. The minimum Gasteiger partial charge on any atom is -0.374 e. The predicted molar refractivity (Wildman–Crippen MR) is 116 cm³/mol. The van der Waals surface area contributed by atoms with Crippen molar-refractivity contribution in [2.75, 3.05) is 5.88 Å². The summed E-state index contributed by atoms with van der Waals surface area (Å²) in [4.78, 5) is 17.2. The molecule has 184 valence electrons. The number of nitrogens with one attached hydrogen (secondary N) is 1. The third-order valence-corrected chi connectivity index (χ3v) is 5.92. The summed E-state index contributed by atoms with van der Waals surface area (Å²) in [5.41, 5.74) is -2.98. The Morgan fingerprint density at radius 3 is 2.24 bits per heavy atom. The van der Waals surface area contributed by atoms with Crippen LogP contribution >= 0.6 is 34.8 Å². The fraction of sp³-hybridized carbons (Fsp3) is 0.333. The van der Waals surface area contributed by atoms with E-state index in [1.807, 2.05) is 0 Å². The van der Waals surface area contributed by atoms with Gasteiger partial charge in [-0.1, -0.05) is 34.4 Å². The summed E-state index contributed by atoms with van der Waals surface area (Å²) in [7, 11) is 0. The van der Waals surface area contributed by atoms with E-state index < -0.39 is 42.2 Å². The van der Waals surface area contributed by atoms with Crippen LogP contribution in [0.5, 0.6) is 0 Å². The number of alkyl halides is 7. The maximum Gasteiger partial charge on any atom is 0.435 e. The molecule has 0 spiro atoms. The highest BCUT2D eigenvalue weighted by atomic mass is 35.5. The van der Waals surface area contributed by atoms with E-state index in [0.717, 1.165) is 12.1 Å². The van der Waals surface area contributed by atoms with Gasteiger partial charge in [-0.3, -0.25) is 4.79 Å². The third-order valence-electron chi connectivity index (χ3n) is 5.17. The molecule has 0 radical (unpaired) electrons. The van der Waals surface area contributed by atoms with Crippen LogP contribution in [0.1, 0.15) is 33.5 Å². The van der Waals surface area contributed by atoms with Gasteiger partial charge in [-0.15, -0.1) is 11.6 Å². The summed E-state index contributed by atoms with van der Waals surface area (Å²) >= 11 is 17.0. The van der Waals surface area contributed by atoms with Gasteiger partial charge in [0.2, 0.25) is 0 Å². The molecule has 2 aromatic carbocycles. The highest BCUT2D eigenvalue weighted by Gasteiger charge is 2.62. The minimum absolute atomic E-state index is 0.0245. The topological polar surface area (TPSA) is 50.7 Å². The molecule has 2 atom stereocenters. The first-order valence-electron chi connectivity index (χ1n) is 9.51. The number of oxime groups is 1. The zero-order chi connectivity index (χ0) is 25.5. The van der Waals surface area contributed by atoms with Crippen LogP contribution in [0.2, 0.25) is 10.0 Å². The van der Waals surface area contributed by atoms with Crippen LogP contribution in [-0.2, 0) is 10.4 Å². The van der Waals surface area contributed by atoms with Gasteiger partial charge in [0.1, 0.15) is 6.04 Å². The molecule has 0 aliphatic carbocycles. The zero-order valence-corrected chi connectivity index (χ0v) is 19.4. The molecule has 0 saturated heterocycles. The van der Waals surface area contributed by atoms with E-state index in [2.05, 4.69) is 5.16 Å². The predicted octanol–water partition coefficient (Wildman–Crippen LogP) is 6.78. The summed E-state index contributed by atoms with van der Waals surface area (Å²) in [5.74, 6) is -1.91. The molecular weight excluding hydrogens is 533 g/mol. The van der Waals surface area contributed by atoms with Gasteiger partial charge in [0.25, 0.3) is 11.5 Å². The van der Waals surface area contributed by atoms with E-state index in [4.69, 9.17) is 39.6 Å². The molecule has 34 heavy (non-hydrogen) atoms. The van der Waals surface area contributed by atoms with Crippen molar-refractivity contribution in [3.63, 3.8) is 0 Å². The standard InChI is InChI=1S/C21H15Cl3F6N2O2/c1-10-4-11(2-3-15(10)18(33)31-17(9-22)20(25,26)27)16-8-19(34-32-16,21(28,29)30)12-5-13(23)7-14(24)6-12/h2-7,17H,8-9H2,1H3,(H,31,33).